The topological polar surface area (TPSA) is 21.3 Å². The van der Waals surface area contributed by atoms with Gasteiger partial charge >= 0.3 is 0 Å². The van der Waals surface area contributed by atoms with Gasteiger partial charge in [0, 0.05) is 18.5 Å². The normalized spacial score (nSPS) is 28.7. The SMILES string of the molecule is CCCC1CCC(NCC2CCOc3ccccc32)CC1. The first-order chi connectivity index (χ1) is 10.4. The highest BCUT2D eigenvalue weighted by Gasteiger charge is 2.24. The van der Waals surface area contributed by atoms with Crippen LogP contribution in [0.15, 0.2) is 24.3 Å². The highest BCUT2D eigenvalue weighted by Crippen LogP contribution is 2.33. The van der Waals surface area contributed by atoms with Gasteiger partial charge in [-0.1, -0.05) is 38.0 Å². The van der Waals surface area contributed by atoms with Crippen LogP contribution in [-0.2, 0) is 0 Å². The molecule has 1 aliphatic heterocycles. The number of rotatable bonds is 5. The molecule has 1 aromatic carbocycles. The number of benzene rings is 1. The Hall–Kier alpha value is -1.02. The smallest absolute Gasteiger partial charge is 0.122 e. The summed E-state index contributed by atoms with van der Waals surface area (Å²) < 4.78 is 5.76. The molecule has 0 radical (unpaired) electrons. The summed E-state index contributed by atoms with van der Waals surface area (Å²) in [6, 6.07) is 9.30. The van der Waals surface area contributed by atoms with Crippen molar-refractivity contribution >= 4 is 0 Å². The van der Waals surface area contributed by atoms with Gasteiger partial charge in [-0.3, -0.25) is 0 Å². The van der Waals surface area contributed by atoms with E-state index in [4.69, 9.17) is 4.74 Å². The average molecular weight is 287 g/mol. The molecule has 1 fully saturated rings. The van der Waals surface area contributed by atoms with Crippen molar-refractivity contribution in [3.05, 3.63) is 29.8 Å². The van der Waals surface area contributed by atoms with E-state index >= 15 is 0 Å². The van der Waals surface area contributed by atoms with Gasteiger partial charge in [-0.15, -0.1) is 0 Å². The van der Waals surface area contributed by atoms with Gasteiger partial charge in [-0.2, -0.15) is 0 Å². The first-order valence-electron chi connectivity index (χ1n) is 8.82. The van der Waals surface area contributed by atoms with E-state index in [0.29, 0.717) is 5.92 Å². The van der Waals surface area contributed by atoms with Gasteiger partial charge in [0.15, 0.2) is 0 Å². The van der Waals surface area contributed by atoms with Gasteiger partial charge in [-0.05, 0) is 49.7 Å². The monoisotopic (exact) mass is 287 g/mol. The van der Waals surface area contributed by atoms with Crippen LogP contribution in [0.5, 0.6) is 5.75 Å². The lowest BCUT2D eigenvalue weighted by Gasteiger charge is -2.32. The van der Waals surface area contributed by atoms with Crippen LogP contribution in [0.2, 0.25) is 0 Å². The Morgan fingerprint density at radius 2 is 1.90 bits per heavy atom. The Labute approximate surface area is 129 Å². The number of hydrogen-bond acceptors (Lipinski definition) is 2. The average Bonchev–Trinajstić information content (AvgIpc) is 2.54. The predicted molar refractivity (Wildman–Crippen MR) is 88.0 cm³/mol. The summed E-state index contributed by atoms with van der Waals surface area (Å²) in [6.45, 7) is 4.29. The minimum absolute atomic E-state index is 0.628. The number of ether oxygens (including phenoxy) is 1. The molecule has 116 valence electrons. The maximum absolute atomic E-state index is 5.76. The number of para-hydroxylation sites is 1. The van der Waals surface area contributed by atoms with Crippen LogP contribution in [0.3, 0.4) is 0 Å². The lowest BCUT2D eigenvalue weighted by atomic mass is 9.83. The second-order valence-corrected chi connectivity index (χ2v) is 6.79. The Morgan fingerprint density at radius 3 is 2.71 bits per heavy atom. The molecule has 2 nitrogen and oxygen atoms in total. The number of hydrogen-bond donors (Lipinski definition) is 1. The summed E-state index contributed by atoms with van der Waals surface area (Å²) in [7, 11) is 0. The van der Waals surface area contributed by atoms with Gasteiger partial charge in [-0.25, -0.2) is 0 Å². The van der Waals surface area contributed by atoms with E-state index in [9.17, 15) is 0 Å². The lowest BCUT2D eigenvalue weighted by molar-refractivity contribution is 0.247. The third-order valence-corrected chi connectivity index (χ3v) is 5.28. The fourth-order valence-electron chi connectivity index (χ4n) is 4.00. The van der Waals surface area contributed by atoms with E-state index in [1.165, 1.54) is 44.1 Å². The third-order valence-electron chi connectivity index (χ3n) is 5.28. The molecule has 1 heterocycles. The zero-order valence-electron chi connectivity index (χ0n) is 13.3. The lowest BCUT2D eigenvalue weighted by Crippen LogP contribution is -2.36. The Morgan fingerprint density at radius 1 is 1.10 bits per heavy atom. The van der Waals surface area contributed by atoms with Gasteiger partial charge in [0.25, 0.3) is 0 Å². The molecule has 1 atom stereocenters. The van der Waals surface area contributed by atoms with Crippen LogP contribution >= 0.6 is 0 Å². The summed E-state index contributed by atoms with van der Waals surface area (Å²) in [5, 5.41) is 3.84. The standard InChI is InChI=1S/C19H29NO/c1-2-5-15-8-10-17(11-9-15)20-14-16-12-13-21-19-7-4-3-6-18(16)19/h3-4,6-7,15-17,20H,2,5,8-14H2,1H3. The first-order valence-corrected chi connectivity index (χ1v) is 8.82. The van der Waals surface area contributed by atoms with Crippen LogP contribution in [0.1, 0.15) is 63.4 Å². The Balaban J connectivity index is 1.48. The Kier molecular flexibility index (Phi) is 5.18. The van der Waals surface area contributed by atoms with Crippen LogP contribution in [0.4, 0.5) is 0 Å². The zero-order valence-corrected chi connectivity index (χ0v) is 13.3. The summed E-state index contributed by atoms with van der Waals surface area (Å²) in [6.07, 6.45) is 9.52. The molecule has 0 amide bonds. The number of nitrogens with one attached hydrogen (secondary N) is 1. The van der Waals surface area contributed by atoms with Crippen molar-refractivity contribution < 1.29 is 4.74 Å². The van der Waals surface area contributed by atoms with E-state index in [2.05, 4.69) is 36.5 Å². The number of fused-ring (bicyclic) bond motifs is 1. The van der Waals surface area contributed by atoms with Crippen molar-refractivity contribution in [3.63, 3.8) is 0 Å². The molecule has 0 bridgehead atoms. The van der Waals surface area contributed by atoms with E-state index in [1.807, 2.05) is 0 Å². The van der Waals surface area contributed by atoms with E-state index in [-0.39, 0.29) is 0 Å². The van der Waals surface area contributed by atoms with Crippen molar-refractivity contribution in [2.75, 3.05) is 13.2 Å². The van der Waals surface area contributed by atoms with Gasteiger partial charge in [0.05, 0.1) is 6.61 Å². The molecule has 1 unspecified atom stereocenters. The van der Waals surface area contributed by atoms with E-state index in [0.717, 1.165) is 37.3 Å². The fourth-order valence-corrected chi connectivity index (χ4v) is 4.00. The van der Waals surface area contributed by atoms with Crippen molar-refractivity contribution in [1.82, 2.24) is 5.32 Å². The highest BCUT2D eigenvalue weighted by atomic mass is 16.5. The van der Waals surface area contributed by atoms with Gasteiger partial charge in [0.1, 0.15) is 5.75 Å². The molecular formula is C19H29NO. The van der Waals surface area contributed by atoms with Crippen LogP contribution in [-0.4, -0.2) is 19.2 Å². The molecule has 21 heavy (non-hydrogen) atoms. The minimum Gasteiger partial charge on any atom is -0.493 e. The molecule has 1 aromatic rings. The zero-order chi connectivity index (χ0) is 14.5. The first kappa shape index (κ1) is 14.9. The molecule has 1 aliphatic carbocycles. The second-order valence-electron chi connectivity index (χ2n) is 6.79. The maximum Gasteiger partial charge on any atom is 0.122 e. The Bertz CT molecular complexity index is 437. The molecule has 0 aromatic heterocycles. The molecule has 3 rings (SSSR count). The largest absolute Gasteiger partial charge is 0.493 e. The molecule has 1 N–H and O–H groups in total. The van der Waals surface area contributed by atoms with Crippen LogP contribution < -0.4 is 10.1 Å². The molecule has 2 aliphatic rings. The van der Waals surface area contributed by atoms with Crippen molar-refractivity contribution in [2.45, 2.75) is 63.8 Å². The van der Waals surface area contributed by atoms with Gasteiger partial charge in [0.2, 0.25) is 0 Å². The molecule has 0 spiro atoms. The van der Waals surface area contributed by atoms with Crippen LogP contribution in [0, 0.1) is 5.92 Å². The van der Waals surface area contributed by atoms with Crippen LogP contribution in [0.25, 0.3) is 0 Å². The molecule has 2 heteroatoms. The quantitative estimate of drug-likeness (QED) is 0.861. The van der Waals surface area contributed by atoms with Crippen molar-refractivity contribution in [3.8, 4) is 5.75 Å². The second kappa shape index (κ2) is 7.31. The molecular weight excluding hydrogens is 258 g/mol. The maximum atomic E-state index is 5.76. The summed E-state index contributed by atoms with van der Waals surface area (Å²) in [4.78, 5) is 0. The summed E-state index contributed by atoms with van der Waals surface area (Å²) in [5.41, 5.74) is 1.40. The van der Waals surface area contributed by atoms with E-state index in [1.54, 1.807) is 0 Å². The van der Waals surface area contributed by atoms with E-state index < -0.39 is 0 Å². The molecule has 1 saturated carbocycles. The van der Waals surface area contributed by atoms with Crippen molar-refractivity contribution in [1.29, 1.82) is 0 Å². The fraction of sp³-hybridized carbons (Fsp3) is 0.684. The molecule has 0 saturated heterocycles. The third kappa shape index (κ3) is 3.79. The summed E-state index contributed by atoms with van der Waals surface area (Å²) >= 11 is 0. The van der Waals surface area contributed by atoms with Gasteiger partial charge < -0.3 is 10.1 Å². The highest BCUT2D eigenvalue weighted by molar-refractivity contribution is 5.37. The minimum atomic E-state index is 0.628. The predicted octanol–water partition coefficient (Wildman–Crippen LogP) is 4.50. The summed E-state index contributed by atoms with van der Waals surface area (Å²) in [5.74, 6) is 2.72. The van der Waals surface area contributed by atoms with Crippen molar-refractivity contribution in [2.24, 2.45) is 5.92 Å².